The Hall–Kier alpha value is -1.04. The van der Waals surface area contributed by atoms with Crippen molar-refractivity contribution >= 4 is 0 Å². The van der Waals surface area contributed by atoms with Crippen LogP contribution in [0.25, 0.3) is 0 Å². The molecular formula is C12H20. The molecule has 0 saturated heterocycles. The van der Waals surface area contributed by atoms with E-state index >= 15 is 0 Å². The Balaban J connectivity index is 0. The topological polar surface area (TPSA) is 0 Å². The lowest BCUT2D eigenvalue weighted by atomic mass is 10.2. The Bertz CT molecular complexity index is 153. The van der Waals surface area contributed by atoms with Gasteiger partial charge in [0.15, 0.2) is 0 Å². The summed E-state index contributed by atoms with van der Waals surface area (Å²) in [4.78, 5) is 0. The molecule has 0 N–H and O–H groups in total. The van der Waals surface area contributed by atoms with Gasteiger partial charge in [-0.2, -0.15) is 0 Å². The minimum Gasteiger partial charge on any atom is -0.106 e. The summed E-state index contributed by atoms with van der Waals surface area (Å²) < 4.78 is 0. The highest BCUT2D eigenvalue weighted by Crippen LogP contribution is 1.96. The van der Waals surface area contributed by atoms with Crippen LogP contribution >= 0.6 is 0 Å². The third-order valence-electron chi connectivity index (χ3n) is 1.25. The first-order valence-electron chi connectivity index (χ1n) is 4.47. The average molecular weight is 164 g/mol. The number of hydrogen-bond donors (Lipinski definition) is 0. The van der Waals surface area contributed by atoms with Crippen LogP contribution in [0.1, 0.15) is 26.3 Å². The molecule has 0 radical (unpaired) electrons. The van der Waals surface area contributed by atoms with E-state index in [4.69, 9.17) is 0 Å². The normalized spacial score (nSPS) is 6.92. The van der Waals surface area contributed by atoms with Crippen LogP contribution in [0.5, 0.6) is 0 Å². The van der Waals surface area contributed by atoms with Crippen LogP contribution in [0.2, 0.25) is 0 Å². The highest BCUT2D eigenvalue weighted by Gasteiger charge is 1.79. The van der Waals surface area contributed by atoms with Gasteiger partial charge in [0.1, 0.15) is 0 Å². The van der Waals surface area contributed by atoms with Gasteiger partial charge in [-0.1, -0.05) is 51.1 Å². The third-order valence-corrected chi connectivity index (χ3v) is 1.25. The van der Waals surface area contributed by atoms with Crippen molar-refractivity contribution < 1.29 is 0 Å². The predicted octanol–water partition coefficient (Wildman–Crippen LogP) is 4.08. The minimum absolute atomic E-state index is 1.14. The van der Waals surface area contributed by atoms with Crippen molar-refractivity contribution in [3.05, 3.63) is 49.1 Å². The van der Waals surface area contributed by atoms with E-state index < -0.39 is 0 Å². The van der Waals surface area contributed by atoms with Crippen LogP contribution in [0, 0.1) is 0 Å². The molecular weight excluding hydrogens is 144 g/mol. The van der Waals surface area contributed by atoms with Crippen LogP contribution in [-0.2, 0) is 6.42 Å². The Morgan fingerprint density at radius 2 is 1.42 bits per heavy atom. The second-order valence-electron chi connectivity index (χ2n) is 1.84. The van der Waals surface area contributed by atoms with Gasteiger partial charge in [0.2, 0.25) is 0 Å². The number of aryl methyl sites for hydroxylation is 1. The lowest BCUT2D eigenvalue weighted by Gasteiger charge is -1.89. The SMILES string of the molecule is C=C.CC.CCc1ccccc1. The molecule has 0 fully saturated rings. The molecule has 0 spiro atoms. The summed E-state index contributed by atoms with van der Waals surface area (Å²) in [6, 6.07) is 10.5. The maximum atomic E-state index is 3.00. The van der Waals surface area contributed by atoms with Gasteiger partial charge in [-0.3, -0.25) is 0 Å². The molecule has 0 unspecified atom stereocenters. The molecule has 68 valence electrons. The molecule has 0 saturated carbocycles. The van der Waals surface area contributed by atoms with Crippen LogP contribution in [0.4, 0.5) is 0 Å². The lowest BCUT2D eigenvalue weighted by Crippen LogP contribution is -1.73. The molecule has 0 heteroatoms. The molecule has 1 aromatic carbocycles. The Morgan fingerprint density at radius 1 is 1.00 bits per heavy atom. The maximum Gasteiger partial charge on any atom is -0.0307 e. The number of benzene rings is 1. The van der Waals surface area contributed by atoms with Crippen LogP contribution in [0.3, 0.4) is 0 Å². The molecule has 0 bridgehead atoms. The second-order valence-corrected chi connectivity index (χ2v) is 1.84. The van der Waals surface area contributed by atoms with E-state index in [1.165, 1.54) is 5.56 Å². The Morgan fingerprint density at radius 3 is 1.67 bits per heavy atom. The van der Waals surface area contributed by atoms with Gasteiger partial charge in [-0.25, -0.2) is 0 Å². The van der Waals surface area contributed by atoms with Gasteiger partial charge in [-0.05, 0) is 12.0 Å². The first-order valence-corrected chi connectivity index (χ1v) is 4.47. The molecule has 0 atom stereocenters. The largest absolute Gasteiger partial charge is 0.106 e. The highest BCUT2D eigenvalue weighted by atomic mass is 13.9. The van der Waals surface area contributed by atoms with E-state index in [9.17, 15) is 0 Å². The first-order chi connectivity index (χ1) is 5.93. The smallest absolute Gasteiger partial charge is 0.0307 e. The van der Waals surface area contributed by atoms with Crippen molar-refractivity contribution in [2.75, 3.05) is 0 Å². The quantitative estimate of drug-likeness (QED) is 0.549. The molecule has 1 rings (SSSR count). The van der Waals surface area contributed by atoms with E-state index in [2.05, 4.69) is 44.3 Å². The van der Waals surface area contributed by atoms with Crippen molar-refractivity contribution in [3.63, 3.8) is 0 Å². The van der Waals surface area contributed by atoms with Crippen LogP contribution < -0.4 is 0 Å². The third kappa shape index (κ3) is 7.07. The van der Waals surface area contributed by atoms with E-state index in [1.807, 2.05) is 19.9 Å². The summed E-state index contributed by atoms with van der Waals surface area (Å²) in [5.74, 6) is 0. The summed E-state index contributed by atoms with van der Waals surface area (Å²) in [7, 11) is 0. The van der Waals surface area contributed by atoms with Crippen molar-refractivity contribution in [3.8, 4) is 0 Å². The fourth-order valence-corrected chi connectivity index (χ4v) is 0.714. The van der Waals surface area contributed by atoms with Crippen LogP contribution in [-0.4, -0.2) is 0 Å². The van der Waals surface area contributed by atoms with Gasteiger partial charge in [0.05, 0.1) is 0 Å². The summed E-state index contributed by atoms with van der Waals surface area (Å²) in [5.41, 5.74) is 1.41. The Labute approximate surface area is 76.9 Å². The highest BCUT2D eigenvalue weighted by molar-refractivity contribution is 5.13. The van der Waals surface area contributed by atoms with Crippen LogP contribution in [0.15, 0.2) is 43.5 Å². The van der Waals surface area contributed by atoms with Gasteiger partial charge in [0, 0.05) is 0 Å². The average Bonchev–Trinajstić information content (AvgIpc) is 2.25. The summed E-state index contributed by atoms with van der Waals surface area (Å²) in [5, 5.41) is 0. The van der Waals surface area contributed by atoms with E-state index in [-0.39, 0.29) is 0 Å². The van der Waals surface area contributed by atoms with Gasteiger partial charge >= 0.3 is 0 Å². The summed E-state index contributed by atoms with van der Waals surface area (Å²) in [6.07, 6.45) is 1.14. The number of hydrogen-bond acceptors (Lipinski definition) is 0. The van der Waals surface area contributed by atoms with Crippen molar-refractivity contribution in [1.29, 1.82) is 0 Å². The van der Waals surface area contributed by atoms with Gasteiger partial charge in [-0.15, -0.1) is 13.2 Å². The molecule has 0 aromatic heterocycles. The minimum atomic E-state index is 1.14. The molecule has 0 amide bonds. The molecule has 0 heterocycles. The van der Waals surface area contributed by atoms with Gasteiger partial charge < -0.3 is 0 Å². The lowest BCUT2D eigenvalue weighted by molar-refractivity contribution is 1.14. The number of rotatable bonds is 1. The molecule has 0 nitrogen and oxygen atoms in total. The molecule has 0 aliphatic carbocycles. The maximum absolute atomic E-state index is 3.00. The summed E-state index contributed by atoms with van der Waals surface area (Å²) in [6.45, 7) is 12.2. The molecule has 12 heavy (non-hydrogen) atoms. The summed E-state index contributed by atoms with van der Waals surface area (Å²) >= 11 is 0. The Kier molecular flexibility index (Phi) is 14.2. The zero-order valence-electron chi connectivity index (χ0n) is 8.51. The molecule has 0 aliphatic heterocycles. The van der Waals surface area contributed by atoms with E-state index in [0.29, 0.717) is 0 Å². The van der Waals surface area contributed by atoms with E-state index in [1.54, 1.807) is 0 Å². The standard InChI is InChI=1S/C8H10.C2H6.C2H4/c1-2-8-6-4-3-5-7-8;2*1-2/h3-7H,2H2,1H3;1-2H3;1-2H2. The van der Waals surface area contributed by atoms with Crippen molar-refractivity contribution in [1.82, 2.24) is 0 Å². The monoisotopic (exact) mass is 164 g/mol. The van der Waals surface area contributed by atoms with Crippen molar-refractivity contribution in [2.45, 2.75) is 27.2 Å². The van der Waals surface area contributed by atoms with Crippen molar-refractivity contribution in [2.24, 2.45) is 0 Å². The van der Waals surface area contributed by atoms with E-state index in [0.717, 1.165) is 6.42 Å². The fourth-order valence-electron chi connectivity index (χ4n) is 0.714. The molecule has 0 aliphatic rings. The zero-order valence-corrected chi connectivity index (χ0v) is 8.51. The second kappa shape index (κ2) is 12.6. The fraction of sp³-hybridized carbons (Fsp3) is 0.333. The zero-order chi connectivity index (χ0) is 9.82. The van der Waals surface area contributed by atoms with Gasteiger partial charge in [0.25, 0.3) is 0 Å². The first kappa shape index (κ1) is 13.5. The predicted molar refractivity (Wildman–Crippen MR) is 58.4 cm³/mol. The molecule has 1 aromatic rings.